The van der Waals surface area contributed by atoms with Crippen LogP contribution in [0.4, 0.5) is 0 Å². The van der Waals surface area contributed by atoms with Crippen LogP contribution in [0.5, 0.6) is 0 Å². The number of furan rings is 1. The number of nitrogens with zero attached hydrogens (tertiary/aromatic N) is 3. The molecule has 7 aromatic rings. The molecule has 1 aliphatic rings. The van der Waals surface area contributed by atoms with Crippen molar-refractivity contribution in [3.63, 3.8) is 0 Å². The van der Waals surface area contributed by atoms with Gasteiger partial charge in [0.25, 0.3) is 0 Å². The molecule has 0 radical (unpaired) electrons. The van der Waals surface area contributed by atoms with Crippen molar-refractivity contribution < 1.29 is 13.7 Å². The van der Waals surface area contributed by atoms with Crippen molar-refractivity contribution in [2.45, 2.75) is 38.9 Å². The molecular weight excluding hydrogens is 569 g/mol. The van der Waals surface area contributed by atoms with Gasteiger partial charge in [0, 0.05) is 27.5 Å². The summed E-state index contributed by atoms with van der Waals surface area (Å²) in [6.07, 6.45) is 0. The van der Waals surface area contributed by atoms with E-state index in [2.05, 4.69) is 64.1 Å². The third kappa shape index (κ3) is 4.89. The standard InChI is InChI=1S/C39H32BN3O3/c1-38(2)39(3,4)46-40(45-38)29-21-22-30-33(24-29)44-32-20-12-19-31(34(30)32)37-42-35(26-15-9-6-10-16-26)41-36(43-37)28-18-11-17-27(23-28)25-13-7-5-8-14-25/h5-24H,1-4H3. The highest BCUT2D eigenvalue weighted by atomic mass is 16.7. The number of aromatic nitrogens is 3. The lowest BCUT2D eigenvalue weighted by molar-refractivity contribution is 0.00578. The van der Waals surface area contributed by atoms with Crippen molar-refractivity contribution >= 4 is 34.5 Å². The van der Waals surface area contributed by atoms with Crippen molar-refractivity contribution in [1.82, 2.24) is 15.0 Å². The summed E-state index contributed by atoms with van der Waals surface area (Å²) in [6.45, 7) is 8.24. The highest BCUT2D eigenvalue weighted by Crippen LogP contribution is 2.39. The van der Waals surface area contributed by atoms with E-state index in [0.29, 0.717) is 17.5 Å². The maximum absolute atomic E-state index is 6.43. The molecule has 5 aromatic carbocycles. The van der Waals surface area contributed by atoms with Crippen LogP contribution in [0.2, 0.25) is 0 Å². The SMILES string of the molecule is CC1(C)OB(c2ccc3c(c2)oc2cccc(-c4nc(-c5ccccc5)nc(-c5cccc(-c6ccccc6)c5)n4)c23)OC1(C)C. The summed E-state index contributed by atoms with van der Waals surface area (Å²) >= 11 is 0. The fraction of sp³-hybridized carbons (Fsp3) is 0.154. The quantitative estimate of drug-likeness (QED) is 0.184. The van der Waals surface area contributed by atoms with Gasteiger partial charge < -0.3 is 13.7 Å². The van der Waals surface area contributed by atoms with Crippen LogP contribution in [-0.4, -0.2) is 33.3 Å². The van der Waals surface area contributed by atoms with E-state index >= 15 is 0 Å². The highest BCUT2D eigenvalue weighted by Gasteiger charge is 2.51. The second kappa shape index (κ2) is 10.8. The van der Waals surface area contributed by atoms with Gasteiger partial charge in [-0.25, -0.2) is 15.0 Å². The van der Waals surface area contributed by atoms with Crippen molar-refractivity contribution in [2.24, 2.45) is 0 Å². The molecule has 6 nitrogen and oxygen atoms in total. The molecule has 0 spiro atoms. The lowest BCUT2D eigenvalue weighted by atomic mass is 9.79. The van der Waals surface area contributed by atoms with E-state index in [1.54, 1.807) is 0 Å². The van der Waals surface area contributed by atoms with Gasteiger partial charge in [-0.1, -0.05) is 103 Å². The molecule has 46 heavy (non-hydrogen) atoms. The number of benzene rings is 5. The Kier molecular flexibility index (Phi) is 6.64. The summed E-state index contributed by atoms with van der Waals surface area (Å²) in [5, 5.41) is 1.92. The zero-order chi connectivity index (χ0) is 31.5. The molecule has 0 N–H and O–H groups in total. The number of fused-ring (bicyclic) bond motifs is 3. The fourth-order valence-electron chi connectivity index (χ4n) is 5.96. The average molecular weight is 602 g/mol. The van der Waals surface area contributed by atoms with E-state index in [4.69, 9.17) is 28.7 Å². The van der Waals surface area contributed by atoms with Gasteiger partial charge in [-0.2, -0.15) is 0 Å². The molecule has 0 bridgehead atoms. The summed E-state index contributed by atoms with van der Waals surface area (Å²) < 4.78 is 19.1. The van der Waals surface area contributed by atoms with Crippen LogP contribution in [-0.2, 0) is 9.31 Å². The number of hydrogen-bond donors (Lipinski definition) is 0. The first-order valence-corrected chi connectivity index (χ1v) is 15.5. The molecule has 8 rings (SSSR count). The summed E-state index contributed by atoms with van der Waals surface area (Å²) in [7, 11) is -0.478. The first-order chi connectivity index (χ1) is 22.3. The Morgan fingerprint density at radius 2 is 1.09 bits per heavy atom. The summed E-state index contributed by atoms with van der Waals surface area (Å²) in [5.41, 5.74) is 6.51. The smallest absolute Gasteiger partial charge is 0.456 e. The van der Waals surface area contributed by atoms with Gasteiger partial charge in [0.2, 0.25) is 0 Å². The van der Waals surface area contributed by atoms with Crippen LogP contribution >= 0.6 is 0 Å². The number of rotatable bonds is 5. The highest BCUT2D eigenvalue weighted by molar-refractivity contribution is 6.62. The summed E-state index contributed by atoms with van der Waals surface area (Å²) in [5.74, 6) is 1.80. The second-order valence-electron chi connectivity index (χ2n) is 12.7. The maximum atomic E-state index is 6.43. The van der Waals surface area contributed by atoms with Gasteiger partial charge in [0.05, 0.1) is 11.2 Å². The zero-order valence-corrected chi connectivity index (χ0v) is 26.2. The van der Waals surface area contributed by atoms with Crippen LogP contribution in [0.25, 0.3) is 67.2 Å². The Labute approximate surface area is 268 Å². The molecule has 3 heterocycles. The molecule has 1 aliphatic heterocycles. The van der Waals surface area contributed by atoms with Crippen molar-refractivity contribution in [3.8, 4) is 45.3 Å². The van der Waals surface area contributed by atoms with Gasteiger partial charge >= 0.3 is 7.12 Å². The molecule has 0 atom stereocenters. The molecule has 224 valence electrons. The lowest BCUT2D eigenvalue weighted by Crippen LogP contribution is -2.41. The Balaban J connectivity index is 1.27. The largest absolute Gasteiger partial charge is 0.494 e. The molecule has 0 amide bonds. The minimum Gasteiger partial charge on any atom is -0.456 e. The Bertz CT molecular complexity index is 2210. The van der Waals surface area contributed by atoms with Gasteiger partial charge in [0.15, 0.2) is 17.5 Å². The monoisotopic (exact) mass is 601 g/mol. The topological polar surface area (TPSA) is 70.3 Å². The van der Waals surface area contributed by atoms with Gasteiger partial charge in [-0.3, -0.25) is 0 Å². The summed E-state index contributed by atoms with van der Waals surface area (Å²) in [6, 6.07) is 40.9. The molecular formula is C39H32BN3O3. The van der Waals surface area contributed by atoms with Crippen molar-refractivity contribution in [1.29, 1.82) is 0 Å². The van der Waals surface area contributed by atoms with Gasteiger partial charge in [0.1, 0.15) is 11.2 Å². The van der Waals surface area contributed by atoms with Crippen molar-refractivity contribution in [2.75, 3.05) is 0 Å². The molecule has 0 saturated carbocycles. The van der Waals surface area contributed by atoms with Crippen LogP contribution < -0.4 is 5.46 Å². The maximum Gasteiger partial charge on any atom is 0.494 e. The van der Waals surface area contributed by atoms with Crippen molar-refractivity contribution in [3.05, 3.63) is 121 Å². The molecule has 1 fully saturated rings. The first-order valence-electron chi connectivity index (χ1n) is 15.5. The Morgan fingerprint density at radius 1 is 0.500 bits per heavy atom. The molecule has 1 saturated heterocycles. The minimum absolute atomic E-state index is 0.429. The van der Waals surface area contributed by atoms with E-state index in [9.17, 15) is 0 Å². The molecule has 0 aliphatic carbocycles. The average Bonchev–Trinajstić information content (AvgIpc) is 3.57. The van der Waals surface area contributed by atoms with Crippen LogP contribution in [0, 0.1) is 0 Å². The third-order valence-corrected chi connectivity index (χ3v) is 9.18. The number of hydrogen-bond acceptors (Lipinski definition) is 6. The lowest BCUT2D eigenvalue weighted by Gasteiger charge is -2.32. The van der Waals surface area contributed by atoms with Crippen LogP contribution in [0.1, 0.15) is 27.7 Å². The molecule has 0 unspecified atom stereocenters. The first kappa shape index (κ1) is 28.4. The predicted octanol–water partition coefficient (Wildman–Crippen LogP) is 8.74. The zero-order valence-electron chi connectivity index (χ0n) is 26.2. The predicted molar refractivity (Wildman–Crippen MR) is 185 cm³/mol. The normalized spacial score (nSPS) is 15.5. The van der Waals surface area contributed by atoms with E-state index in [0.717, 1.165) is 55.2 Å². The van der Waals surface area contributed by atoms with Crippen LogP contribution in [0.3, 0.4) is 0 Å². The van der Waals surface area contributed by atoms with E-state index < -0.39 is 18.3 Å². The fourth-order valence-corrected chi connectivity index (χ4v) is 5.96. The van der Waals surface area contributed by atoms with Gasteiger partial charge in [-0.05, 0) is 62.5 Å². The second-order valence-corrected chi connectivity index (χ2v) is 12.7. The molecule has 7 heteroatoms. The minimum atomic E-state index is -0.478. The van der Waals surface area contributed by atoms with E-state index in [1.165, 1.54) is 0 Å². The molecule has 2 aromatic heterocycles. The van der Waals surface area contributed by atoms with E-state index in [1.807, 2.05) is 84.9 Å². The third-order valence-electron chi connectivity index (χ3n) is 9.18. The Morgan fingerprint density at radius 3 is 1.80 bits per heavy atom. The van der Waals surface area contributed by atoms with E-state index in [-0.39, 0.29) is 0 Å². The van der Waals surface area contributed by atoms with Crippen LogP contribution in [0.15, 0.2) is 126 Å². The van der Waals surface area contributed by atoms with Gasteiger partial charge in [-0.15, -0.1) is 0 Å². The summed E-state index contributed by atoms with van der Waals surface area (Å²) in [4.78, 5) is 15.1. The Hall–Kier alpha value is -5.11.